The lowest BCUT2D eigenvalue weighted by atomic mass is 10.1. The van der Waals surface area contributed by atoms with Gasteiger partial charge in [-0.2, -0.15) is 0 Å². The summed E-state index contributed by atoms with van der Waals surface area (Å²) < 4.78 is 5.45. The van der Waals surface area contributed by atoms with Crippen LogP contribution in [0.5, 0.6) is 0 Å². The predicted molar refractivity (Wildman–Crippen MR) is 120 cm³/mol. The first-order chi connectivity index (χ1) is 12.2. The number of aliphatic imine (C=N–C) groups is 1. The Labute approximate surface area is 176 Å². The van der Waals surface area contributed by atoms with Crippen LogP contribution in [-0.2, 0) is 17.8 Å². The lowest BCUT2D eigenvalue weighted by molar-refractivity contribution is 0.0341. The first-order valence-corrected chi connectivity index (χ1v) is 9.61. The molecule has 1 N–H and O–H groups in total. The van der Waals surface area contributed by atoms with Crippen LogP contribution in [-0.4, -0.2) is 62.2 Å². The van der Waals surface area contributed by atoms with Gasteiger partial charge < -0.3 is 15.0 Å². The highest BCUT2D eigenvalue weighted by molar-refractivity contribution is 14.0. The summed E-state index contributed by atoms with van der Waals surface area (Å²) in [6.45, 7) is 11.7. The topological polar surface area (TPSA) is 40.1 Å². The number of nitrogens with zero attached hydrogens (tertiary/aromatic N) is 3. The second-order valence-corrected chi connectivity index (χ2v) is 6.60. The highest BCUT2D eigenvalue weighted by Gasteiger charge is 2.13. The molecule has 0 aromatic heterocycles. The van der Waals surface area contributed by atoms with Gasteiger partial charge in [0.05, 0.1) is 19.8 Å². The van der Waals surface area contributed by atoms with Crippen LogP contribution in [0, 0.1) is 0 Å². The Hall–Kier alpha value is -0.860. The van der Waals surface area contributed by atoms with Gasteiger partial charge in [-0.05, 0) is 24.5 Å². The fourth-order valence-electron chi connectivity index (χ4n) is 3.00. The molecule has 6 heteroatoms. The normalized spacial score (nSPS) is 15.4. The van der Waals surface area contributed by atoms with Crippen molar-refractivity contribution >= 4 is 29.9 Å². The van der Waals surface area contributed by atoms with Crippen molar-refractivity contribution < 1.29 is 4.74 Å². The zero-order valence-electron chi connectivity index (χ0n) is 16.5. The van der Waals surface area contributed by atoms with E-state index in [1.165, 1.54) is 24.0 Å². The van der Waals surface area contributed by atoms with Crippen molar-refractivity contribution in [2.45, 2.75) is 39.8 Å². The Balaban J connectivity index is 0.00000338. The molecule has 0 amide bonds. The zero-order valence-corrected chi connectivity index (χ0v) is 18.9. The molecule has 148 valence electrons. The molecule has 1 aromatic carbocycles. The lowest BCUT2D eigenvalue weighted by Gasteiger charge is -2.27. The third kappa shape index (κ3) is 7.80. The Morgan fingerprint density at radius 3 is 2.54 bits per heavy atom. The second kappa shape index (κ2) is 13.3. The SMILES string of the molecule is CCCCN(C)C(=NCc1ccccc1CN1CCOCC1)NCC.I. The third-order valence-electron chi connectivity index (χ3n) is 4.56. The molecule has 0 radical (unpaired) electrons. The van der Waals surface area contributed by atoms with Crippen LogP contribution in [0.3, 0.4) is 0 Å². The number of nitrogens with one attached hydrogen (secondary N) is 1. The molecular formula is C20H35IN4O. The van der Waals surface area contributed by atoms with Gasteiger partial charge in [0, 0.05) is 39.8 Å². The molecule has 2 rings (SSSR count). The van der Waals surface area contributed by atoms with Gasteiger partial charge in [-0.15, -0.1) is 24.0 Å². The van der Waals surface area contributed by atoms with Gasteiger partial charge in [-0.3, -0.25) is 4.90 Å². The molecule has 1 heterocycles. The van der Waals surface area contributed by atoms with E-state index < -0.39 is 0 Å². The van der Waals surface area contributed by atoms with E-state index in [1.807, 2.05) is 0 Å². The first-order valence-electron chi connectivity index (χ1n) is 9.61. The zero-order chi connectivity index (χ0) is 17.9. The van der Waals surface area contributed by atoms with Gasteiger partial charge in [-0.25, -0.2) is 4.99 Å². The first kappa shape index (κ1) is 23.2. The Morgan fingerprint density at radius 1 is 1.19 bits per heavy atom. The van der Waals surface area contributed by atoms with Crippen LogP contribution in [0.15, 0.2) is 29.3 Å². The van der Waals surface area contributed by atoms with Gasteiger partial charge in [-0.1, -0.05) is 37.6 Å². The number of ether oxygens (including phenoxy) is 1. The monoisotopic (exact) mass is 474 g/mol. The van der Waals surface area contributed by atoms with Crippen LogP contribution < -0.4 is 5.32 Å². The van der Waals surface area contributed by atoms with Crippen molar-refractivity contribution in [2.75, 3.05) is 46.4 Å². The molecule has 1 aliphatic rings. The number of guanidine groups is 1. The molecule has 1 saturated heterocycles. The molecule has 1 fully saturated rings. The average molecular weight is 474 g/mol. The summed E-state index contributed by atoms with van der Waals surface area (Å²) in [5.74, 6) is 0.997. The largest absolute Gasteiger partial charge is 0.379 e. The fraction of sp³-hybridized carbons (Fsp3) is 0.650. The molecule has 0 atom stereocenters. The summed E-state index contributed by atoms with van der Waals surface area (Å²) in [7, 11) is 2.12. The Kier molecular flexibility index (Phi) is 11.9. The van der Waals surface area contributed by atoms with E-state index in [0.29, 0.717) is 0 Å². The summed E-state index contributed by atoms with van der Waals surface area (Å²) in [4.78, 5) is 9.58. The molecule has 0 unspecified atom stereocenters. The quantitative estimate of drug-likeness (QED) is 0.357. The smallest absolute Gasteiger partial charge is 0.193 e. The molecule has 0 aliphatic carbocycles. The highest BCUT2D eigenvalue weighted by atomic mass is 127. The summed E-state index contributed by atoms with van der Waals surface area (Å²) in [6, 6.07) is 8.67. The molecular weight excluding hydrogens is 439 g/mol. The summed E-state index contributed by atoms with van der Waals surface area (Å²) >= 11 is 0. The lowest BCUT2D eigenvalue weighted by Crippen LogP contribution is -2.39. The third-order valence-corrected chi connectivity index (χ3v) is 4.56. The number of unbranched alkanes of at least 4 members (excludes halogenated alkanes) is 1. The van der Waals surface area contributed by atoms with Gasteiger partial charge in [0.2, 0.25) is 0 Å². The molecule has 0 saturated carbocycles. The summed E-state index contributed by atoms with van der Waals surface area (Å²) in [5.41, 5.74) is 2.69. The second-order valence-electron chi connectivity index (χ2n) is 6.60. The molecule has 1 aromatic rings. The van der Waals surface area contributed by atoms with Crippen LogP contribution in [0.25, 0.3) is 0 Å². The maximum absolute atomic E-state index is 5.45. The maximum Gasteiger partial charge on any atom is 0.193 e. The Morgan fingerprint density at radius 2 is 1.88 bits per heavy atom. The van der Waals surface area contributed by atoms with Crippen LogP contribution in [0.1, 0.15) is 37.8 Å². The van der Waals surface area contributed by atoms with Crippen molar-refractivity contribution in [3.8, 4) is 0 Å². The van der Waals surface area contributed by atoms with Gasteiger partial charge in [0.25, 0.3) is 0 Å². The standard InChI is InChI=1S/C20H34N4O.HI/c1-4-6-11-23(3)20(21-5-2)22-16-18-9-7-8-10-19(18)17-24-12-14-25-15-13-24;/h7-10H,4-6,11-17H2,1-3H3,(H,21,22);1H. The van der Waals surface area contributed by atoms with E-state index >= 15 is 0 Å². The number of benzene rings is 1. The fourth-order valence-corrected chi connectivity index (χ4v) is 3.00. The predicted octanol–water partition coefficient (Wildman–Crippen LogP) is 3.33. The van der Waals surface area contributed by atoms with Gasteiger partial charge in [0.15, 0.2) is 5.96 Å². The van der Waals surface area contributed by atoms with E-state index in [1.54, 1.807) is 0 Å². The number of hydrogen-bond acceptors (Lipinski definition) is 3. The van der Waals surface area contributed by atoms with Crippen molar-refractivity contribution in [3.63, 3.8) is 0 Å². The van der Waals surface area contributed by atoms with E-state index in [2.05, 4.69) is 60.3 Å². The van der Waals surface area contributed by atoms with Crippen molar-refractivity contribution in [2.24, 2.45) is 4.99 Å². The van der Waals surface area contributed by atoms with Crippen LogP contribution in [0.4, 0.5) is 0 Å². The Bertz CT molecular complexity index is 532. The van der Waals surface area contributed by atoms with Crippen molar-refractivity contribution in [3.05, 3.63) is 35.4 Å². The van der Waals surface area contributed by atoms with E-state index in [-0.39, 0.29) is 24.0 Å². The average Bonchev–Trinajstić information content (AvgIpc) is 2.65. The molecule has 1 aliphatic heterocycles. The number of morpholine rings is 1. The van der Waals surface area contributed by atoms with Gasteiger partial charge in [0.1, 0.15) is 0 Å². The molecule has 5 nitrogen and oxygen atoms in total. The maximum atomic E-state index is 5.45. The summed E-state index contributed by atoms with van der Waals surface area (Å²) in [6.07, 6.45) is 2.39. The van der Waals surface area contributed by atoms with Crippen LogP contribution >= 0.6 is 24.0 Å². The van der Waals surface area contributed by atoms with Crippen LogP contribution in [0.2, 0.25) is 0 Å². The minimum Gasteiger partial charge on any atom is -0.379 e. The molecule has 0 spiro atoms. The van der Waals surface area contributed by atoms with Crippen molar-refractivity contribution in [1.82, 2.24) is 15.1 Å². The minimum absolute atomic E-state index is 0. The number of halogens is 1. The number of hydrogen-bond donors (Lipinski definition) is 1. The number of rotatable bonds is 8. The molecule has 26 heavy (non-hydrogen) atoms. The van der Waals surface area contributed by atoms with E-state index in [9.17, 15) is 0 Å². The minimum atomic E-state index is 0. The van der Waals surface area contributed by atoms with Crippen molar-refractivity contribution in [1.29, 1.82) is 0 Å². The van der Waals surface area contributed by atoms with E-state index in [0.717, 1.165) is 58.4 Å². The van der Waals surface area contributed by atoms with E-state index in [4.69, 9.17) is 9.73 Å². The van der Waals surface area contributed by atoms with Gasteiger partial charge >= 0.3 is 0 Å². The summed E-state index contributed by atoms with van der Waals surface area (Å²) in [5, 5.41) is 3.41. The molecule has 0 bridgehead atoms. The highest BCUT2D eigenvalue weighted by Crippen LogP contribution is 2.14.